The summed E-state index contributed by atoms with van der Waals surface area (Å²) in [4.78, 5) is 0. The first kappa shape index (κ1) is 45.0. The second-order valence-electron chi connectivity index (χ2n) is 18.8. The van der Waals surface area contributed by atoms with E-state index < -0.39 is 0 Å². The first-order valence-electron chi connectivity index (χ1n) is 19.9. The van der Waals surface area contributed by atoms with Gasteiger partial charge in [-0.1, -0.05) is 147 Å². The minimum absolute atomic E-state index is 0. The van der Waals surface area contributed by atoms with Crippen LogP contribution < -0.4 is 24.8 Å². The molecule has 0 N–H and O–H groups in total. The van der Waals surface area contributed by atoms with Gasteiger partial charge in [0.2, 0.25) is 0 Å². The summed E-state index contributed by atoms with van der Waals surface area (Å²) >= 11 is 2.16. The molecule has 0 radical (unpaired) electrons. The van der Waals surface area contributed by atoms with Crippen LogP contribution in [0.4, 0.5) is 0 Å². The van der Waals surface area contributed by atoms with Crippen LogP contribution in [-0.4, -0.2) is 3.81 Å². The van der Waals surface area contributed by atoms with Crippen LogP contribution in [0.1, 0.15) is 122 Å². The van der Waals surface area contributed by atoms with E-state index in [1.54, 1.807) is 28.2 Å². The second kappa shape index (κ2) is 16.6. The van der Waals surface area contributed by atoms with Crippen LogP contribution >= 0.6 is 0 Å². The molecule has 4 aromatic carbocycles. The molecule has 0 aromatic heterocycles. The number of halogens is 2. The molecule has 1 fully saturated rings. The van der Waals surface area contributed by atoms with Gasteiger partial charge in [0.1, 0.15) is 0 Å². The van der Waals surface area contributed by atoms with Gasteiger partial charge in [-0.3, -0.25) is 0 Å². The summed E-state index contributed by atoms with van der Waals surface area (Å²) in [6.07, 6.45) is 8.50. The number of aryl methyl sites for hydroxylation is 1. The second-order valence-corrected chi connectivity index (χ2v) is 19.6. The van der Waals surface area contributed by atoms with Crippen molar-refractivity contribution in [2.24, 2.45) is 27.6 Å². The molecule has 3 heteroatoms. The third kappa shape index (κ3) is 7.68. The SMILES string of the molecule is C[C-]1C2=C3Cc4ccccc4C3=C3C=CCCC3C2(C)C(C)(C)C(C)(C)C1(C)C.Cc1cc(C(C)(C)C)c[cH-]1.[Cl-].[Cl-].[Ti+2]=[C](c1ccccc1)c1ccccc1. The van der Waals surface area contributed by atoms with E-state index in [9.17, 15) is 0 Å². The molecule has 0 nitrogen and oxygen atoms in total. The summed E-state index contributed by atoms with van der Waals surface area (Å²) in [6.45, 7) is 29.1. The molecule has 290 valence electrons. The summed E-state index contributed by atoms with van der Waals surface area (Å²) in [7, 11) is 0. The van der Waals surface area contributed by atoms with Crippen molar-refractivity contribution in [3.05, 3.63) is 171 Å². The van der Waals surface area contributed by atoms with Crippen LogP contribution in [0.3, 0.4) is 0 Å². The molecule has 55 heavy (non-hydrogen) atoms. The maximum absolute atomic E-state index is 2.62. The third-order valence-electron chi connectivity index (χ3n) is 14.7. The average molecular weight is 806 g/mol. The molecule has 4 aliphatic carbocycles. The quantitative estimate of drug-likeness (QED) is 0.144. The van der Waals surface area contributed by atoms with Crippen molar-refractivity contribution >= 4 is 9.38 Å². The predicted molar refractivity (Wildman–Crippen MR) is 226 cm³/mol. The van der Waals surface area contributed by atoms with Gasteiger partial charge < -0.3 is 24.8 Å². The van der Waals surface area contributed by atoms with E-state index in [1.807, 2.05) is 12.1 Å². The molecule has 0 amide bonds. The standard InChI is InChI=1S/C29H37.C13H10.C10H15.2ClH.Ti/c1-18-25-22-17-19-13-9-10-14-20(19)24(22)21-15-11-12-16-23(21)29(25,8)28(6,7)27(4,5)26(18,2)3;1-3-7-12(8-4-1)11-13-9-5-2-6-10-13;1-8-5-6-9(7-8)10(2,3)4;;;/h9-11,13-15,23H,12,16-17H2,1-8H3;1-10H;5-7H,1-4H3;2*1H;/q-1;;-1;;;+2/p-2. The van der Waals surface area contributed by atoms with Gasteiger partial charge in [0.25, 0.3) is 0 Å². The van der Waals surface area contributed by atoms with Crippen LogP contribution in [0, 0.1) is 40.4 Å². The number of allylic oxidation sites excluding steroid dienone is 6. The maximum atomic E-state index is 2.62. The molecule has 0 bridgehead atoms. The summed E-state index contributed by atoms with van der Waals surface area (Å²) in [6, 6.07) is 36.7. The Morgan fingerprint density at radius 2 is 1.33 bits per heavy atom. The zero-order valence-electron chi connectivity index (χ0n) is 35.4. The van der Waals surface area contributed by atoms with Crippen LogP contribution in [0.2, 0.25) is 0 Å². The van der Waals surface area contributed by atoms with E-state index in [0.717, 1.165) is 6.42 Å². The van der Waals surface area contributed by atoms with Crippen molar-refractivity contribution in [2.75, 3.05) is 0 Å². The molecule has 0 heterocycles. The summed E-state index contributed by atoms with van der Waals surface area (Å²) in [5, 5.41) is 0. The van der Waals surface area contributed by atoms with Crippen LogP contribution in [0.15, 0.2) is 132 Å². The van der Waals surface area contributed by atoms with Crippen molar-refractivity contribution in [3.63, 3.8) is 0 Å². The Hall–Kier alpha value is -2.74. The average Bonchev–Trinajstić information content (AvgIpc) is 3.76. The van der Waals surface area contributed by atoms with Crippen LogP contribution in [0.5, 0.6) is 0 Å². The zero-order valence-corrected chi connectivity index (χ0v) is 38.5. The van der Waals surface area contributed by atoms with Crippen molar-refractivity contribution in [2.45, 2.75) is 108 Å². The molecule has 4 aromatic rings. The molecule has 2 atom stereocenters. The van der Waals surface area contributed by atoms with E-state index in [4.69, 9.17) is 0 Å². The summed E-state index contributed by atoms with van der Waals surface area (Å²) < 4.78 is 1.33. The fourth-order valence-electron chi connectivity index (χ4n) is 9.97. The number of hydrogen-bond acceptors (Lipinski definition) is 0. The zero-order chi connectivity index (χ0) is 38.6. The molecule has 4 aliphatic rings. The van der Waals surface area contributed by atoms with Gasteiger partial charge >= 0.3 is 95.6 Å². The van der Waals surface area contributed by atoms with Crippen molar-refractivity contribution in [1.82, 2.24) is 0 Å². The Balaban J connectivity index is 0.000000215. The molecule has 0 saturated heterocycles. The first-order chi connectivity index (χ1) is 24.9. The number of benzene rings is 3. The summed E-state index contributed by atoms with van der Waals surface area (Å²) in [5.74, 6) is 2.24. The fraction of sp³-hybridized carbons (Fsp3) is 0.404. The van der Waals surface area contributed by atoms with Crippen molar-refractivity contribution < 1.29 is 44.8 Å². The Bertz CT molecular complexity index is 2020. The van der Waals surface area contributed by atoms with Gasteiger partial charge in [-0.05, 0) is 40.6 Å². The van der Waals surface area contributed by atoms with Gasteiger partial charge in [0, 0.05) is 0 Å². The van der Waals surface area contributed by atoms with Gasteiger partial charge in [-0.25, -0.2) is 12.0 Å². The Morgan fingerprint density at radius 3 is 1.84 bits per heavy atom. The molecule has 2 unspecified atom stereocenters. The summed E-state index contributed by atoms with van der Waals surface area (Å²) in [5.41, 5.74) is 16.0. The van der Waals surface area contributed by atoms with Crippen molar-refractivity contribution in [3.8, 4) is 0 Å². The van der Waals surface area contributed by atoms with Crippen LogP contribution in [0.25, 0.3) is 5.57 Å². The van der Waals surface area contributed by atoms with E-state index in [2.05, 4.69) is 206 Å². The predicted octanol–water partition coefficient (Wildman–Crippen LogP) is 7.79. The molecular weight excluding hydrogens is 743 g/mol. The first-order valence-corrected chi connectivity index (χ1v) is 20.6. The van der Waals surface area contributed by atoms with E-state index >= 15 is 0 Å². The fourth-order valence-corrected chi connectivity index (χ4v) is 10.5. The number of fused-ring (bicyclic) bond motifs is 6. The van der Waals surface area contributed by atoms with Crippen molar-refractivity contribution in [1.29, 1.82) is 0 Å². The topological polar surface area (TPSA) is 0 Å². The van der Waals surface area contributed by atoms with Gasteiger partial charge in [0.05, 0.1) is 0 Å². The third-order valence-corrected chi connectivity index (χ3v) is 15.6. The minimum atomic E-state index is 0. The number of rotatable bonds is 2. The van der Waals surface area contributed by atoms with E-state index in [0.29, 0.717) is 11.3 Å². The Labute approximate surface area is 358 Å². The molecule has 8 rings (SSSR count). The van der Waals surface area contributed by atoms with E-state index in [-0.39, 0.29) is 46.5 Å². The van der Waals surface area contributed by atoms with Gasteiger partial charge in [-0.15, -0.1) is 6.92 Å². The van der Waals surface area contributed by atoms with E-state index in [1.165, 1.54) is 50.0 Å². The molecule has 0 aliphatic heterocycles. The van der Waals surface area contributed by atoms with Gasteiger partial charge in [-0.2, -0.15) is 34.4 Å². The Morgan fingerprint density at radius 1 is 0.782 bits per heavy atom. The monoisotopic (exact) mass is 804 g/mol. The normalized spacial score (nSPS) is 22.2. The molecule has 1 saturated carbocycles. The Kier molecular flexibility index (Phi) is 13.6. The van der Waals surface area contributed by atoms with Crippen LogP contribution in [-0.2, 0) is 31.8 Å². The number of hydrogen-bond donors (Lipinski definition) is 0. The van der Waals surface area contributed by atoms with Gasteiger partial charge in [0.15, 0.2) is 0 Å². The molecule has 0 spiro atoms. The molecular formula is C52H62Cl2Ti-2.